The van der Waals surface area contributed by atoms with Crippen LogP contribution in [0.4, 0.5) is 10.2 Å². The zero-order chi connectivity index (χ0) is 26.2. The van der Waals surface area contributed by atoms with Crippen molar-refractivity contribution < 1.29 is 13.3 Å². The Morgan fingerprint density at radius 3 is 2.47 bits per heavy atom. The Bertz CT molecular complexity index is 1330. The summed E-state index contributed by atoms with van der Waals surface area (Å²) in [5.74, 6) is -0.374. The maximum absolute atomic E-state index is 13.7. The Morgan fingerprint density at radius 2 is 1.83 bits per heavy atom. The molecule has 0 aliphatic carbocycles. The molecule has 4 rings (SSSR count). The molecular formula is C26H32ClFN4O3Si. The second kappa shape index (κ2) is 10.4. The quantitative estimate of drug-likeness (QED) is 0.281. The monoisotopic (exact) mass is 530 g/mol. The first-order valence-electron chi connectivity index (χ1n) is 12.3. The summed E-state index contributed by atoms with van der Waals surface area (Å²) in [7, 11) is -1.96. The number of fused-ring (bicyclic) bond motifs is 1. The second-order valence-corrected chi connectivity index (χ2v) is 16.0. The van der Waals surface area contributed by atoms with Crippen LogP contribution in [0.15, 0.2) is 44.8 Å². The van der Waals surface area contributed by atoms with Crippen LogP contribution in [0.5, 0.6) is 0 Å². The number of aliphatic imine (C=N–C) groups is 1. The van der Waals surface area contributed by atoms with Gasteiger partial charge in [0.15, 0.2) is 20.0 Å². The summed E-state index contributed by atoms with van der Waals surface area (Å²) >= 11 is 5.95. The zero-order valence-corrected chi connectivity index (χ0v) is 23.3. The lowest BCUT2D eigenvalue weighted by atomic mass is 10.0. The molecule has 3 aromatic rings. The molecule has 0 radical (unpaired) electrons. The molecule has 2 aromatic heterocycles. The largest absolute Gasteiger partial charge is 0.446 e. The number of hydrogen-bond donors (Lipinski definition) is 0. The lowest BCUT2D eigenvalue weighted by molar-refractivity contribution is 0.287. The minimum Gasteiger partial charge on any atom is -0.416 e. The first-order valence-corrected chi connectivity index (χ1v) is 14.8. The van der Waals surface area contributed by atoms with Crippen molar-refractivity contribution in [2.45, 2.75) is 71.0 Å². The lowest BCUT2D eigenvalue weighted by Gasteiger charge is -2.42. The SMILES string of the molecule is CC(C)[Si](OCCC1=Nc2nccc(-c3noc(=O)n3-c3ccc(F)c(Cl)c3)c2C1)(C(C)C)C(C)C. The van der Waals surface area contributed by atoms with Crippen LogP contribution in [0.3, 0.4) is 0 Å². The highest BCUT2D eigenvalue weighted by atomic mass is 35.5. The van der Waals surface area contributed by atoms with Crippen LogP contribution in [0, 0.1) is 5.82 Å². The van der Waals surface area contributed by atoms with Crippen LogP contribution >= 0.6 is 11.6 Å². The predicted molar refractivity (Wildman–Crippen MR) is 143 cm³/mol. The van der Waals surface area contributed by atoms with Gasteiger partial charge in [0.2, 0.25) is 0 Å². The smallest absolute Gasteiger partial charge is 0.416 e. The lowest BCUT2D eigenvalue weighted by Crippen LogP contribution is -2.48. The van der Waals surface area contributed by atoms with Crippen molar-refractivity contribution in [3.63, 3.8) is 0 Å². The normalized spacial score (nSPS) is 13.7. The molecule has 1 aliphatic rings. The number of nitrogens with zero attached hydrogens (tertiary/aromatic N) is 4. The van der Waals surface area contributed by atoms with E-state index in [1.54, 1.807) is 12.3 Å². The van der Waals surface area contributed by atoms with E-state index >= 15 is 0 Å². The van der Waals surface area contributed by atoms with Crippen molar-refractivity contribution in [3.8, 4) is 17.1 Å². The average molecular weight is 531 g/mol. The van der Waals surface area contributed by atoms with Crippen molar-refractivity contribution in [1.82, 2.24) is 14.7 Å². The molecule has 0 saturated carbocycles. The molecular weight excluding hydrogens is 499 g/mol. The van der Waals surface area contributed by atoms with E-state index in [2.05, 4.69) is 51.7 Å². The highest BCUT2D eigenvalue weighted by Gasteiger charge is 2.45. The molecule has 3 heterocycles. The summed E-state index contributed by atoms with van der Waals surface area (Å²) in [6.07, 6.45) is 2.91. The first-order chi connectivity index (χ1) is 17.1. The van der Waals surface area contributed by atoms with E-state index in [4.69, 9.17) is 25.5 Å². The van der Waals surface area contributed by atoms with Crippen molar-refractivity contribution in [2.75, 3.05) is 6.61 Å². The standard InChI is InChI=1S/C26H32ClFN4O3Si/c1-15(2)36(16(3)4,17(5)6)34-12-10-18-13-21-20(9-11-29-24(21)30-18)25-31-35-26(33)32(25)19-7-8-23(28)22(27)14-19/h7-9,11,14-17H,10,12-13H2,1-6H3. The molecule has 36 heavy (non-hydrogen) atoms. The van der Waals surface area contributed by atoms with Crippen LogP contribution in [0.1, 0.15) is 53.5 Å². The van der Waals surface area contributed by atoms with Crippen molar-refractivity contribution >= 4 is 31.4 Å². The summed E-state index contributed by atoms with van der Waals surface area (Å²) in [6, 6.07) is 5.81. The number of pyridine rings is 1. The van der Waals surface area contributed by atoms with Gasteiger partial charge in [0.25, 0.3) is 0 Å². The molecule has 0 unspecified atom stereocenters. The van der Waals surface area contributed by atoms with E-state index in [1.165, 1.54) is 22.8 Å². The van der Waals surface area contributed by atoms with Gasteiger partial charge >= 0.3 is 5.76 Å². The summed E-state index contributed by atoms with van der Waals surface area (Å²) < 4.78 is 26.7. The molecule has 0 spiro atoms. The van der Waals surface area contributed by atoms with Gasteiger partial charge < -0.3 is 4.43 Å². The van der Waals surface area contributed by atoms with E-state index < -0.39 is 19.9 Å². The fraction of sp³-hybridized carbons (Fsp3) is 0.462. The van der Waals surface area contributed by atoms with Crippen molar-refractivity contribution in [3.05, 3.63) is 57.4 Å². The molecule has 1 aromatic carbocycles. The van der Waals surface area contributed by atoms with Gasteiger partial charge in [-0.05, 0) is 40.9 Å². The van der Waals surface area contributed by atoms with E-state index in [-0.39, 0.29) is 5.02 Å². The fourth-order valence-electron chi connectivity index (χ4n) is 5.62. The summed E-state index contributed by atoms with van der Waals surface area (Å²) in [4.78, 5) is 21.7. The van der Waals surface area contributed by atoms with Gasteiger partial charge in [-0.15, -0.1) is 0 Å². The topological polar surface area (TPSA) is 82.5 Å². The van der Waals surface area contributed by atoms with Crippen LogP contribution in [-0.2, 0) is 10.8 Å². The van der Waals surface area contributed by atoms with Gasteiger partial charge in [0.05, 0.1) is 10.7 Å². The Morgan fingerprint density at radius 1 is 1.14 bits per heavy atom. The predicted octanol–water partition coefficient (Wildman–Crippen LogP) is 6.89. The molecule has 0 saturated heterocycles. The van der Waals surface area contributed by atoms with Gasteiger partial charge in [-0.3, -0.25) is 4.52 Å². The molecule has 7 nitrogen and oxygen atoms in total. The summed E-state index contributed by atoms with van der Waals surface area (Å²) in [5, 5.41) is 3.91. The van der Waals surface area contributed by atoms with E-state index in [0.717, 1.165) is 11.3 Å². The molecule has 192 valence electrons. The molecule has 0 bridgehead atoms. The minimum absolute atomic E-state index is 0.0963. The number of rotatable bonds is 9. The highest BCUT2D eigenvalue weighted by Crippen LogP contribution is 2.42. The Balaban J connectivity index is 1.58. The number of benzene rings is 1. The van der Waals surface area contributed by atoms with Crippen LogP contribution in [0.25, 0.3) is 17.1 Å². The van der Waals surface area contributed by atoms with Gasteiger partial charge in [-0.1, -0.05) is 58.3 Å². The van der Waals surface area contributed by atoms with Crippen molar-refractivity contribution in [2.24, 2.45) is 4.99 Å². The van der Waals surface area contributed by atoms with Crippen LogP contribution in [-0.4, -0.2) is 35.3 Å². The fourth-order valence-corrected chi connectivity index (χ4v) is 11.2. The highest BCUT2D eigenvalue weighted by molar-refractivity contribution is 6.77. The average Bonchev–Trinajstić information content (AvgIpc) is 3.40. The molecule has 0 N–H and O–H groups in total. The Labute approximate surface area is 216 Å². The first kappa shape index (κ1) is 26.4. The molecule has 0 amide bonds. The maximum atomic E-state index is 13.7. The molecule has 0 fully saturated rings. The van der Waals surface area contributed by atoms with E-state index in [0.29, 0.717) is 59.0 Å². The van der Waals surface area contributed by atoms with Gasteiger partial charge in [0.1, 0.15) is 5.82 Å². The third-order valence-corrected chi connectivity index (χ3v) is 13.5. The maximum Gasteiger partial charge on any atom is 0.446 e. The molecule has 10 heteroatoms. The molecule has 0 atom stereocenters. The number of halogens is 2. The van der Waals surface area contributed by atoms with Crippen LogP contribution < -0.4 is 5.76 Å². The van der Waals surface area contributed by atoms with Crippen molar-refractivity contribution in [1.29, 1.82) is 0 Å². The zero-order valence-electron chi connectivity index (χ0n) is 21.5. The number of hydrogen-bond acceptors (Lipinski definition) is 6. The summed E-state index contributed by atoms with van der Waals surface area (Å²) in [6.45, 7) is 14.3. The minimum atomic E-state index is -1.96. The van der Waals surface area contributed by atoms with E-state index in [1.807, 2.05) is 0 Å². The molecule has 1 aliphatic heterocycles. The Hall–Kier alpha value is -2.62. The van der Waals surface area contributed by atoms with Gasteiger partial charge in [-0.25, -0.2) is 23.7 Å². The van der Waals surface area contributed by atoms with E-state index in [9.17, 15) is 9.18 Å². The van der Waals surface area contributed by atoms with Crippen LogP contribution in [0.2, 0.25) is 21.6 Å². The van der Waals surface area contributed by atoms with Gasteiger partial charge in [0, 0.05) is 42.5 Å². The number of aromatic nitrogens is 3. The third-order valence-electron chi connectivity index (χ3n) is 7.13. The second-order valence-electron chi connectivity index (χ2n) is 10.1. The Kier molecular flexibility index (Phi) is 7.63. The van der Waals surface area contributed by atoms with Gasteiger partial charge in [-0.2, -0.15) is 0 Å². The third kappa shape index (κ3) is 4.71. The summed E-state index contributed by atoms with van der Waals surface area (Å²) in [5.41, 5.74) is 4.42.